The second-order valence-corrected chi connectivity index (χ2v) is 6.06. The molecule has 0 amide bonds. The van der Waals surface area contributed by atoms with Gasteiger partial charge < -0.3 is 9.47 Å². The van der Waals surface area contributed by atoms with E-state index < -0.39 is 5.97 Å². The molecule has 1 aromatic heterocycles. The Bertz CT molecular complexity index is 756. The SMILES string of the molecule is CCOc1ccc(C2=N/C(=C\c3ccc(C)s3)C(=O)O2)cc1. The van der Waals surface area contributed by atoms with Gasteiger partial charge >= 0.3 is 5.97 Å². The lowest BCUT2D eigenvalue weighted by Gasteiger charge is -2.03. The summed E-state index contributed by atoms with van der Waals surface area (Å²) >= 11 is 1.61. The third-order valence-electron chi connectivity index (χ3n) is 3.07. The highest BCUT2D eigenvalue weighted by atomic mass is 32.1. The Hall–Kier alpha value is -2.40. The minimum absolute atomic E-state index is 0.325. The highest BCUT2D eigenvalue weighted by Crippen LogP contribution is 2.23. The minimum atomic E-state index is -0.421. The molecule has 1 aliphatic heterocycles. The molecule has 1 aliphatic rings. The zero-order valence-corrected chi connectivity index (χ0v) is 13.1. The Balaban J connectivity index is 1.84. The molecule has 0 unspecified atom stereocenters. The molecule has 0 radical (unpaired) electrons. The Morgan fingerprint density at radius 3 is 2.64 bits per heavy atom. The third-order valence-corrected chi connectivity index (χ3v) is 4.02. The molecular weight excluding hydrogens is 298 g/mol. The van der Waals surface area contributed by atoms with Crippen LogP contribution in [-0.2, 0) is 9.53 Å². The first-order chi connectivity index (χ1) is 10.7. The minimum Gasteiger partial charge on any atom is -0.494 e. The van der Waals surface area contributed by atoms with E-state index in [4.69, 9.17) is 9.47 Å². The van der Waals surface area contributed by atoms with Gasteiger partial charge in [0.2, 0.25) is 5.90 Å². The van der Waals surface area contributed by atoms with Gasteiger partial charge in [-0.25, -0.2) is 9.79 Å². The summed E-state index contributed by atoms with van der Waals surface area (Å²) in [4.78, 5) is 18.4. The smallest absolute Gasteiger partial charge is 0.363 e. The summed E-state index contributed by atoms with van der Waals surface area (Å²) < 4.78 is 10.6. The number of hydrogen-bond acceptors (Lipinski definition) is 5. The lowest BCUT2D eigenvalue weighted by molar-refractivity contribution is -0.129. The van der Waals surface area contributed by atoms with Gasteiger partial charge in [-0.1, -0.05) is 0 Å². The second kappa shape index (κ2) is 6.15. The van der Waals surface area contributed by atoms with Gasteiger partial charge in [-0.05, 0) is 56.3 Å². The van der Waals surface area contributed by atoms with Gasteiger partial charge in [0.1, 0.15) is 5.75 Å². The quantitative estimate of drug-likeness (QED) is 0.637. The van der Waals surface area contributed by atoms with Crippen molar-refractivity contribution in [2.24, 2.45) is 4.99 Å². The number of aliphatic imine (C=N–C) groups is 1. The number of benzene rings is 1. The van der Waals surface area contributed by atoms with Gasteiger partial charge in [0.15, 0.2) is 5.70 Å². The first-order valence-corrected chi connectivity index (χ1v) is 7.79. The molecule has 0 atom stereocenters. The number of nitrogens with zero attached hydrogens (tertiary/aromatic N) is 1. The van der Waals surface area contributed by atoms with E-state index in [0.29, 0.717) is 18.2 Å². The fourth-order valence-corrected chi connectivity index (χ4v) is 2.87. The highest BCUT2D eigenvalue weighted by molar-refractivity contribution is 7.12. The normalized spacial score (nSPS) is 15.8. The van der Waals surface area contributed by atoms with Crippen LogP contribution in [0.2, 0.25) is 0 Å². The summed E-state index contributed by atoms with van der Waals surface area (Å²) in [6, 6.07) is 11.3. The van der Waals surface area contributed by atoms with Crippen LogP contribution in [0.15, 0.2) is 47.1 Å². The number of ether oxygens (including phenoxy) is 2. The molecule has 2 heterocycles. The zero-order valence-electron chi connectivity index (χ0n) is 12.3. The molecule has 0 saturated carbocycles. The van der Waals surface area contributed by atoms with Gasteiger partial charge in [0, 0.05) is 15.3 Å². The van der Waals surface area contributed by atoms with Crippen molar-refractivity contribution >= 4 is 29.3 Å². The van der Waals surface area contributed by atoms with Gasteiger partial charge in [-0.2, -0.15) is 0 Å². The van der Waals surface area contributed by atoms with E-state index in [1.54, 1.807) is 17.4 Å². The summed E-state index contributed by atoms with van der Waals surface area (Å²) in [6.45, 7) is 4.57. The van der Waals surface area contributed by atoms with Crippen LogP contribution < -0.4 is 4.74 Å². The molecule has 0 fully saturated rings. The predicted octanol–water partition coefficient (Wildman–Crippen LogP) is 3.80. The van der Waals surface area contributed by atoms with Gasteiger partial charge in [0.05, 0.1) is 6.61 Å². The van der Waals surface area contributed by atoms with Crippen LogP contribution in [-0.4, -0.2) is 18.5 Å². The largest absolute Gasteiger partial charge is 0.494 e. The van der Waals surface area contributed by atoms with Crippen LogP contribution in [0.4, 0.5) is 0 Å². The number of hydrogen-bond donors (Lipinski definition) is 0. The maximum atomic E-state index is 11.9. The van der Waals surface area contributed by atoms with Crippen molar-refractivity contribution in [3.63, 3.8) is 0 Å². The van der Waals surface area contributed by atoms with E-state index in [2.05, 4.69) is 4.99 Å². The molecule has 0 bridgehead atoms. The van der Waals surface area contributed by atoms with Crippen molar-refractivity contribution in [2.75, 3.05) is 6.61 Å². The molecule has 1 aromatic carbocycles. The van der Waals surface area contributed by atoms with Gasteiger partial charge in [-0.15, -0.1) is 11.3 Å². The van der Waals surface area contributed by atoms with Crippen LogP contribution >= 0.6 is 11.3 Å². The summed E-state index contributed by atoms with van der Waals surface area (Å²) in [5.74, 6) is 0.684. The average Bonchev–Trinajstić information content (AvgIpc) is 3.07. The molecule has 2 aromatic rings. The Kier molecular flexibility index (Phi) is 4.06. The first kappa shape index (κ1) is 14.5. The van der Waals surface area contributed by atoms with Crippen molar-refractivity contribution in [1.82, 2.24) is 0 Å². The van der Waals surface area contributed by atoms with E-state index in [-0.39, 0.29) is 0 Å². The highest BCUT2D eigenvalue weighted by Gasteiger charge is 2.24. The number of rotatable bonds is 4. The average molecular weight is 313 g/mol. The molecule has 4 nitrogen and oxygen atoms in total. The van der Waals surface area contributed by atoms with Crippen LogP contribution in [0.1, 0.15) is 22.2 Å². The Morgan fingerprint density at radius 2 is 2.00 bits per heavy atom. The lowest BCUT2D eigenvalue weighted by atomic mass is 10.2. The number of carbonyl (C=O) groups excluding carboxylic acids is 1. The van der Waals surface area contributed by atoms with E-state index in [1.165, 1.54) is 4.88 Å². The monoisotopic (exact) mass is 313 g/mol. The standard InChI is InChI=1S/C17H15NO3S/c1-3-20-13-7-5-12(6-8-13)16-18-15(17(19)21-16)10-14-9-4-11(2)22-14/h4-10H,3H2,1-2H3/b15-10-. The van der Waals surface area contributed by atoms with Crippen molar-refractivity contribution in [1.29, 1.82) is 0 Å². The van der Waals surface area contributed by atoms with Crippen molar-refractivity contribution in [3.8, 4) is 5.75 Å². The molecule has 22 heavy (non-hydrogen) atoms. The topological polar surface area (TPSA) is 47.9 Å². The molecule has 0 spiro atoms. The summed E-state index contributed by atoms with van der Waals surface area (Å²) in [5, 5.41) is 0. The van der Waals surface area contributed by atoms with Gasteiger partial charge in [-0.3, -0.25) is 0 Å². The van der Waals surface area contributed by atoms with Gasteiger partial charge in [0.25, 0.3) is 0 Å². The molecular formula is C17H15NO3S. The number of aryl methyl sites for hydroxylation is 1. The number of carbonyl (C=O) groups is 1. The maximum absolute atomic E-state index is 11.9. The third kappa shape index (κ3) is 3.09. The number of thiophene rings is 1. The number of cyclic esters (lactones) is 1. The van der Waals surface area contributed by atoms with Crippen molar-refractivity contribution < 1.29 is 14.3 Å². The van der Waals surface area contributed by atoms with Crippen LogP contribution in [0, 0.1) is 6.92 Å². The molecule has 5 heteroatoms. The Morgan fingerprint density at radius 1 is 1.23 bits per heavy atom. The van der Waals surface area contributed by atoms with Crippen molar-refractivity contribution in [2.45, 2.75) is 13.8 Å². The van der Waals surface area contributed by atoms with E-state index >= 15 is 0 Å². The Labute approximate surface area is 132 Å². The molecule has 0 aliphatic carbocycles. The lowest BCUT2D eigenvalue weighted by Crippen LogP contribution is -2.05. The summed E-state index contributed by atoms with van der Waals surface area (Å²) in [6.07, 6.45) is 1.75. The van der Waals surface area contributed by atoms with E-state index in [0.717, 1.165) is 16.2 Å². The number of esters is 1. The molecule has 0 saturated heterocycles. The fourth-order valence-electron chi connectivity index (χ4n) is 2.06. The summed E-state index contributed by atoms with van der Waals surface area (Å²) in [5.41, 5.74) is 1.08. The zero-order chi connectivity index (χ0) is 15.5. The van der Waals surface area contributed by atoms with Crippen LogP contribution in [0.5, 0.6) is 5.75 Å². The van der Waals surface area contributed by atoms with E-state index in [1.807, 2.05) is 50.2 Å². The first-order valence-electron chi connectivity index (χ1n) is 6.98. The maximum Gasteiger partial charge on any atom is 0.363 e. The van der Waals surface area contributed by atoms with E-state index in [9.17, 15) is 4.79 Å². The van der Waals surface area contributed by atoms with Crippen molar-refractivity contribution in [3.05, 3.63) is 57.4 Å². The fraction of sp³-hybridized carbons (Fsp3) is 0.176. The predicted molar refractivity (Wildman–Crippen MR) is 87.3 cm³/mol. The molecule has 3 rings (SSSR count). The molecule has 112 valence electrons. The second-order valence-electron chi connectivity index (χ2n) is 4.74. The van der Waals surface area contributed by atoms with Crippen LogP contribution in [0.3, 0.4) is 0 Å². The summed E-state index contributed by atoms with van der Waals surface area (Å²) in [7, 11) is 0. The van der Waals surface area contributed by atoms with Crippen LogP contribution in [0.25, 0.3) is 6.08 Å². The molecule has 0 N–H and O–H groups in total.